The van der Waals surface area contributed by atoms with Crippen LogP contribution in [-0.4, -0.2) is 110 Å². The summed E-state index contributed by atoms with van der Waals surface area (Å²) >= 11 is 0. The molecule has 2 aliphatic heterocycles. The Balaban J connectivity index is 1.45. The number of rotatable bonds is 5. The van der Waals surface area contributed by atoms with E-state index in [-0.39, 0.29) is 12.0 Å². The van der Waals surface area contributed by atoms with Gasteiger partial charge in [0.15, 0.2) is 0 Å². The zero-order valence-corrected chi connectivity index (χ0v) is 15.2. The highest BCUT2D eigenvalue weighted by molar-refractivity contribution is 5.78. The molecule has 0 spiro atoms. The first-order chi connectivity index (χ1) is 12.1. The highest BCUT2D eigenvalue weighted by Crippen LogP contribution is 2.11. The van der Waals surface area contributed by atoms with Gasteiger partial charge in [0.1, 0.15) is 0 Å². The van der Waals surface area contributed by atoms with Gasteiger partial charge in [0.2, 0.25) is 11.9 Å². The fourth-order valence-electron chi connectivity index (χ4n) is 3.34. The zero-order chi connectivity index (χ0) is 17.6. The maximum absolute atomic E-state index is 12.6. The zero-order valence-electron chi connectivity index (χ0n) is 15.2. The number of hydrogen-bond acceptors (Lipinski definition) is 7. The third-order valence-corrected chi connectivity index (χ3v) is 4.62. The lowest BCUT2D eigenvalue weighted by atomic mass is 10.2. The molecule has 1 aromatic heterocycles. The molecule has 8 heteroatoms. The molecule has 1 unspecified atom stereocenters. The van der Waals surface area contributed by atoms with Gasteiger partial charge in [-0.1, -0.05) is 0 Å². The molecule has 8 nitrogen and oxygen atoms in total. The highest BCUT2D eigenvalue weighted by Gasteiger charge is 2.27. The van der Waals surface area contributed by atoms with Gasteiger partial charge in [-0.15, -0.1) is 0 Å². The minimum Gasteiger partial charge on any atom is -0.374 e. The lowest BCUT2D eigenvalue weighted by Crippen LogP contribution is -2.54. The first kappa shape index (κ1) is 18.0. The summed E-state index contributed by atoms with van der Waals surface area (Å²) in [6.45, 7) is 6.73. The number of ether oxygens (including phenoxy) is 1. The monoisotopic (exact) mass is 348 g/mol. The Morgan fingerprint density at radius 3 is 2.60 bits per heavy atom. The molecule has 1 aromatic rings. The van der Waals surface area contributed by atoms with E-state index in [4.69, 9.17) is 4.74 Å². The number of likely N-dealkylation sites (N-methyl/N-ethyl adjacent to an activating group) is 1. The van der Waals surface area contributed by atoms with Gasteiger partial charge in [0.05, 0.1) is 19.3 Å². The van der Waals surface area contributed by atoms with Crippen molar-refractivity contribution in [1.29, 1.82) is 0 Å². The van der Waals surface area contributed by atoms with Gasteiger partial charge in [-0.05, 0) is 20.2 Å². The van der Waals surface area contributed by atoms with E-state index in [1.807, 2.05) is 25.1 Å². The van der Waals surface area contributed by atoms with Crippen molar-refractivity contribution >= 4 is 11.9 Å². The summed E-state index contributed by atoms with van der Waals surface area (Å²) in [6, 6.07) is 1.81. The second kappa shape index (κ2) is 8.55. The largest absolute Gasteiger partial charge is 0.374 e. The standard InChI is InChI=1S/C17H28N6O2/c1-20(2)12-15-13-21(10-11-25-15)14-16(24)22-6-8-23(9-7-22)17-18-4-3-5-19-17/h3-5,15H,6-14H2,1-2H3. The van der Waals surface area contributed by atoms with Crippen LogP contribution in [-0.2, 0) is 9.53 Å². The van der Waals surface area contributed by atoms with Gasteiger partial charge in [0, 0.05) is 58.2 Å². The number of anilines is 1. The van der Waals surface area contributed by atoms with Gasteiger partial charge >= 0.3 is 0 Å². The van der Waals surface area contributed by atoms with E-state index in [2.05, 4.69) is 24.7 Å². The third kappa shape index (κ3) is 5.10. The molecule has 1 amide bonds. The van der Waals surface area contributed by atoms with E-state index in [1.54, 1.807) is 12.4 Å². The second-order valence-corrected chi connectivity index (χ2v) is 6.91. The van der Waals surface area contributed by atoms with E-state index in [9.17, 15) is 4.79 Å². The molecule has 0 radical (unpaired) electrons. The topological polar surface area (TPSA) is 65.0 Å². The van der Waals surface area contributed by atoms with Gasteiger partial charge in [-0.25, -0.2) is 9.97 Å². The van der Waals surface area contributed by atoms with Gasteiger partial charge in [0.25, 0.3) is 0 Å². The molecule has 2 aliphatic rings. The predicted octanol–water partition coefficient (Wildman–Crippen LogP) is -0.612. The highest BCUT2D eigenvalue weighted by atomic mass is 16.5. The van der Waals surface area contributed by atoms with Crippen LogP contribution in [0.5, 0.6) is 0 Å². The predicted molar refractivity (Wildman–Crippen MR) is 95.6 cm³/mol. The van der Waals surface area contributed by atoms with Crippen molar-refractivity contribution < 1.29 is 9.53 Å². The quantitative estimate of drug-likeness (QED) is 0.703. The molecule has 3 heterocycles. The van der Waals surface area contributed by atoms with Gasteiger partial charge < -0.3 is 19.4 Å². The van der Waals surface area contributed by atoms with Crippen molar-refractivity contribution in [2.45, 2.75) is 6.10 Å². The number of hydrogen-bond donors (Lipinski definition) is 0. The van der Waals surface area contributed by atoms with E-state index >= 15 is 0 Å². The van der Waals surface area contributed by atoms with E-state index in [0.717, 1.165) is 51.8 Å². The summed E-state index contributed by atoms with van der Waals surface area (Å²) < 4.78 is 5.78. The fraction of sp³-hybridized carbons (Fsp3) is 0.706. The van der Waals surface area contributed by atoms with E-state index < -0.39 is 0 Å². The number of morpholine rings is 1. The molecule has 0 bridgehead atoms. The molecule has 3 rings (SSSR count). The smallest absolute Gasteiger partial charge is 0.236 e. The van der Waals surface area contributed by atoms with Crippen LogP contribution in [0, 0.1) is 0 Å². The summed E-state index contributed by atoms with van der Waals surface area (Å²) in [5.74, 6) is 0.952. The number of amides is 1. The second-order valence-electron chi connectivity index (χ2n) is 6.91. The minimum atomic E-state index is 0.184. The maximum Gasteiger partial charge on any atom is 0.236 e. The summed E-state index contributed by atoms with van der Waals surface area (Å²) in [7, 11) is 4.09. The van der Waals surface area contributed by atoms with E-state index in [0.29, 0.717) is 13.2 Å². The molecular formula is C17H28N6O2. The normalized spacial score (nSPS) is 22.4. The van der Waals surface area contributed by atoms with Crippen molar-refractivity contribution in [3.05, 3.63) is 18.5 Å². The summed E-state index contributed by atoms with van der Waals surface area (Å²) in [6.07, 6.45) is 3.69. The summed E-state index contributed by atoms with van der Waals surface area (Å²) in [4.78, 5) is 29.6. The molecule has 0 N–H and O–H groups in total. The Bertz CT molecular complexity index is 547. The molecule has 1 atom stereocenters. The number of carbonyl (C=O) groups excluding carboxylic acids is 1. The van der Waals surface area contributed by atoms with Crippen molar-refractivity contribution in [2.75, 3.05) is 78.0 Å². The van der Waals surface area contributed by atoms with Crippen LogP contribution in [0.15, 0.2) is 18.5 Å². The molecule has 0 aliphatic carbocycles. The Labute approximate surface area is 149 Å². The first-order valence-corrected chi connectivity index (χ1v) is 8.90. The van der Waals surface area contributed by atoms with Crippen LogP contribution in [0.4, 0.5) is 5.95 Å². The van der Waals surface area contributed by atoms with Crippen LogP contribution in [0.3, 0.4) is 0 Å². The summed E-state index contributed by atoms with van der Waals surface area (Å²) in [5.41, 5.74) is 0. The fourth-order valence-corrected chi connectivity index (χ4v) is 3.34. The molecule has 2 fully saturated rings. The van der Waals surface area contributed by atoms with Crippen molar-refractivity contribution in [3.63, 3.8) is 0 Å². The lowest BCUT2D eigenvalue weighted by molar-refractivity contribution is -0.134. The average molecular weight is 348 g/mol. The van der Waals surface area contributed by atoms with Crippen molar-refractivity contribution in [1.82, 2.24) is 24.7 Å². The van der Waals surface area contributed by atoms with Crippen LogP contribution >= 0.6 is 0 Å². The van der Waals surface area contributed by atoms with Gasteiger partial charge in [-0.2, -0.15) is 0 Å². The minimum absolute atomic E-state index is 0.184. The van der Waals surface area contributed by atoms with Crippen LogP contribution in [0.25, 0.3) is 0 Å². The molecule has 0 saturated carbocycles. The Kier molecular flexibility index (Phi) is 6.17. The summed E-state index contributed by atoms with van der Waals surface area (Å²) in [5, 5.41) is 0. The molecule has 0 aromatic carbocycles. The first-order valence-electron chi connectivity index (χ1n) is 8.90. The van der Waals surface area contributed by atoms with Crippen molar-refractivity contribution in [2.24, 2.45) is 0 Å². The SMILES string of the molecule is CN(C)CC1CN(CC(=O)N2CCN(c3ncccn3)CC2)CCO1. The van der Waals surface area contributed by atoms with Gasteiger partial charge in [-0.3, -0.25) is 9.69 Å². The Morgan fingerprint density at radius 2 is 1.92 bits per heavy atom. The van der Waals surface area contributed by atoms with Crippen LogP contribution < -0.4 is 4.90 Å². The number of nitrogens with zero attached hydrogens (tertiary/aromatic N) is 6. The molecule has 2 saturated heterocycles. The number of aromatic nitrogens is 2. The third-order valence-electron chi connectivity index (χ3n) is 4.62. The Morgan fingerprint density at radius 1 is 1.20 bits per heavy atom. The van der Waals surface area contributed by atoms with Crippen molar-refractivity contribution in [3.8, 4) is 0 Å². The molecule has 25 heavy (non-hydrogen) atoms. The average Bonchev–Trinajstić information content (AvgIpc) is 2.62. The lowest BCUT2D eigenvalue weighted by Gasteiger charge is -2.37. The number of piperazine rings is 1. The van der Waals surface area contributed by atoms with E-state index in [1.165, 1.54) is 0 Å². The maximum atomic E-state index is 12.6. The van der Waals surface area contributed by atoms with Crippen LogP contribution in [0.1, 0.15) is 0 Å². The number of carbonyl (C=O) groups is 1. The van der Waals surface area contributed by atoms with Crippen LogP contribution in [0.2, 0.25) is 0 Å². The Hall–Kier alpha value is -1.77. The molecule has 138 valence electrons. The molecular weight excluding hydrogens is 320 g/mol.